The Bertz CT molecular complexity index is 706. The molecule has 3 rings (SSSR count). The average molecular weight is 363 g/mol. The molecule has 8 heteroatoms. The molecule has 1 saturated heterocycles. The summed E-state index contributed by atoms with van der Waals surface area (Å²) in [6.45, 7) is 5.25. The van der Waals surface area contributed by atoms with Crippen LogP contribution in [0.4, 0.5) is 0 Å². The van der Waals surface area contributed by atoms with Gasteiger partial charge in [0.25, 0.3) is 0 Å². The maximum atomic E-state index is 12.2. The van der Waals surface area contributed by atoms with E-state index >= 15 is 0 Å². The predicted octanol–water partition coefficient (Wildman–Crippen LogP) is 1.58. The largest absolute Gasteiger partial charge is 0.378 e. The highest BCUT2D eigenvalue weighted by Gasteiger charge is 2.18. The summed E-state index contributed by atoms with van der Waals surface area (Å²) in [7, 11) is 1.65. The molecule has 1 fully saturated rings. The second-order valence-electron chi connectivity index (χ2n) is 6.31. The van der Waals surface area contributed by atoms with Crippen LogP contribution < -0.4 is 10.6 Å². The minimum absolute atomic E-state index is 0.0440. The molecule has 7 nitrogen and oxygen atoms in total. The van der Waals surface area contributed by atoms with Gasteiger partial charge in [-0.05, 0) is 32.4 Å². The molecule has 0 radical (unpaired) electrons. The van der Waals surface area contributed by atoms with Crippen LogP contribution in [0.2, 0.25) is 0 Å². The molecule has 0 aliphatic carbocycles. The second kappa shape index (κ2) is 8.55. The summed E-state index contributed by atoms with van der Waals surface area (Å²) in [6.07, 6.45) is 4.22. The van der Waals surface area contributed by atoms with Gasteiger partial charge in [0.2, 0.25) is 5.91 Å². The van der Waals surface area contributed by atoms with E-state index in [0.717, 1.165) is 40.8 Å². The van der Waals surface area contributed by atoms with Crippen molar-refractivity contribution in [2.75, 3.05) is 20.2 Å². The molecular weight excluding hydrogens is 338 g/mol. The van der Waals surface area contributed by atoms with Gasteiger partial charge in [-0.3, -0.25) is 9.48 Å². The zero-order valence-corrected chi connectivity index (χ0v) is 15.6. The molecule has 2 aromatic heterocycles. The number of aryl methyl sites for hydroxylation is 1. The van der Waals surface area contributed by atoms with Gasteiger partial charge in [-0.25, -0.2) is 4.98 Å². The third kappa shape index (κ3) is 4.87. The standard InChI is InChI=1S/C17H25N5O2S/c1-12-15(25-17(20-12)11-24-2)9-19-16(23)10-22-7-5-14(21-22)13-4-3-6-18-8-13/h5,7,13,18H,3-4,6,8-11H2,1-2H3,(H,19,23). The molecular formula is C17H25N5O2S. The van der Waals surface area contributed by atoms with Crippen molar-refractivity contribution in [2.24, 2.45) is 0 Å². The summed E-state index contributed by atoms with van der Waals surface area (Å²) in [5.74, 6) is 0.412. The van der Waals surface area contributed by atoms with E-state index in [1.165, 1.54) is 6.42 Å². The number of hydrogen-bond acceptors (Lipinski definition) is 6. The monoisotopic (exact) mass is 363 g/mol. The average Bonchev–Trinajstić information content (AvgIpc) is 3.21. The number of nitrogens with zero attached hydrogens (tertiary/aromatic N) is 3. The molecule has 0 spiro atoms. The third-order valence-corrected chi connectivity index (χ3v) is 5.46. The summed E-state index contributed by atoms with van der Waals surface area (Å²) < 4.78 is 6.82. The van der Waals surface area contributed by atoms with Gasteiger partial charge < -0.3 is 15.4 Å². The predicted molar refractivity (Wildman–Crippen MR) is 96.5 cm³/mol. The van der Waals surface area contributed by atoms with E-state index in [4.69, 9.17) is 4.74 Å². The van der Waals surface area contributed by atoms with Crippen molar-refractivity contribution in [3.8, 4) is 0 Å². The number of thiazole rings is 1. The number of hydrogen-bond donors (Lipinski definition) is 2. The smallest absolute Gasteiger partial charge is 0.242 e. The lowest BCUT2D eigenvalue weighted by Crippen LogP contribution is -2.29. The van der Waals surface area contributed by atoms with Gasteiger partial charge in [0.1, 0.15) is 11.6 Å². The minimum Gasteiger partial charge on any atom is -0.378 e. The SMILES string of the molecule is COCc1nc(C)c(CNC(=O)Cn2ccc(C3CCCNC3)n2)s1. The number of methoxy groups -OCH3 is 1. The van der Waals surface area contributed by atoms with Gasteiger partial charge in [-0.1, -0.05) is 0 Å². The number of ether oxygens (including phenoxy) is 1. The lowest BCUT2D eigenvalue weighted by atomic mass is 9.97. The molecule has 0 saturated carbocycles. The molecule has 0 aromatic carbocycles. The summed E-state index contributed by atoms with van der Waals surface area (Å²) in [5, 5.41) is 11.8. The first kappa shape index (κ1) is 18.0. The highest BCUT2D eigenvalue weighted by Crippen LogP contribution is 2.21. The molecule has 25 heavy (non-hydrogen) atoms. The number of carbonyl (C=O) groups excluding carboxylic acids is 1. The third-order valence-electron chi connectivity index (χ3n) is 4.33. The number of aromatic nitrogens is 3. The van der Waals surface area contributed by atoms with E-state index in [9.17, 15) is 4.79 Å². The van der Waals surface area contributed by atoms with Crippen molar-refractivity contribution in [2.45, 2.75) is 45.4 Å². The summed E-state index contributed by atoms with van der Waals surface area (Å²) >= 11 is 1.58. The fourth-order valence-electron chi connectivity index (χ4n) is 3.01. The van der Waals surface area contributed by atoms with Crippen LogP contribution >= 0.6 is 11.3 Å². The van der Waals surface area contributed by atoms with E-state index in [1.54, 1.807) is 23.1 Å². The number of rotatable bonds is 7. The Kier molecular flexibility index (Phi) is 6.17. The van der Waals surface area contributed by atoms with E-state index in [2.05, 4.69) is 20.7 Å². The first-order chi connectivity index (χ1) is 12.2. The van der Waals surface area contributed by atoms with Crippen LogP contribution in [0.5, 0.6) is 0 Å². The van der Waals surface area contributed by atoms with Crippen molar-refractivity contribution >= 4 is 17.2 Å². The molecule has 1 unspecified atom stereocenters. The molecule has 2 N–H and O–H groups in total. The molecule has 1 atom stereocenters. The number of carbonyl (C=O) groups is 1. The first-order valence-electron chi connectivity index (χ1n) is 8.60. The molecule has 136 valence electrons. The molecule has 1 aliphatic heterocycles. The quantitative estimate of drug-likeness (QED) is 0.781. The Morgan fingerprint density at radius 2 is 2.44 bits per heavy atom. The van der Waals surface area contributed by atoms with E-state index in [-0.39, 0.29) is 12.5 Å². The van der Waals surface area contributed by atoms with Crippen LogP contribution in [0.25, 0.3) is 0 Å². The molecule has 1 amide bonds. The maximum absolute atomic E-state index is 12.2. The Balaban J connectivity index is 1.50. The normalized spacial score (nSPS) is 17.6. The Hall–Kier alpha value is -1.77. The van der Waals surface area contributed by atoms with Crippen molar-refractivity contribution in [1.82, 2.24) is 25.4 Å². The first-order valence-corrected chi connectivity index (χ1v) is 9.42. The number of piperidine rings is 1. The Morgan fingerprint density at radius 1 is 1.56 bits per heavy atom. The topological polar surface area (TPSA) is 81.1 Å². The van der Waals surface area contributed by atoms with Gasteiger partial charge >= 0.3 is 0 Å². The minimum atomic E-state index is -0.0440. The summed E-state index contributed by atoms with van der Waals surface area (Å²) in [4.78, 5) is 17.7. The van der Waals surface area contributed by atoms with Crippen molar-refractivity contribution in [3.63, 3.8) is 0 Å². The lowest BCUT2D eigenvalue weighted by Gasteiger charge is -2.20. The summed E-state index contributed by atoms with van der Waals surface area (Å²) in [5.41, 5.74) is 2.02. The van der Waals surface area contributed by atoms with Crippen LogP contribution in [-0.4, -0.2) is 40.9 Å². The van der Waals surface area contributed by atoms with Crippen LogP contribution in [-0.2, 0) is 29.2 Å². The molecule has 0 bridgehead atoms. The Labute approximate surface area is 151 Å². The van der Waals surface area contributed by atoms with Gasteiger partial charge in [0, 0.05) is 30.6 Å². The molecule has 2 aromatic rings. The second-order valence-corrected chi connectivity index (χ2v) is 7.48. The van der Waals surface area contributed by atoms with Gasteiger partial charge in [-0.15, -0.1) is 11.3 Å². The van der Waals surface area contributed by atoms with Crippen molar-refractivity contribution in [3.05, 3.63) is 33.5 Å². The summed E-state index contributed by atoms with van der Waals surface area (Å²) in [6, 6.07) is 2.02. The van der Waals surface area contributed by atoms with E-state index in [1.807, 2.05) is 19.2 Å². The lowest BCUT2D eigenvalue weighted by molar-refractivity contribution is -0.122. The van der Waals surface area contributed by atoms with Crippen molar-refractivity contribution < 1.29 is 9.53 Å². The van der Waals surface area contributed by atoms with Gasteiger partial charge in [-0.2, -0.15) is 5.10 Å². The van der Waals surface area contributed by atoms with Crippen LogP contribution in [0.3, 0.4) is 0 Å². The highest BCUT2D eigenvalue weighted by atomic mass is 32.1. The van der Waals surface area contributed by atoms with E-state index in [0.29, 0.717) is 19.1 Å². The van der Waals surface area contributed by atoms with E-state index < -0.39 is 0 Å². The highest BCUT2D eigenvalue weighted by molar-refractivity contribution is 7.11. The number of nitrogens with one attached hydrogen (secondary N) is 2. The van der Waals surface area contributed by atoms with Crippen LogP contribution in [0.1, 0.15) is 40.0 Å². The fourth-order valence-corrected chi connectivity index (χ4v) is 3.99. The number of amides is 1. The Morgan fingerprint density at radius 3 is 3.20 bits per heavy atom. The van der Waals surface area contributed by atoms with Gasteiger partial charge in [0.05, 0.1) is 24.5 Å². The van der Waals surface area contributed by atoms with Crippen molar-refractivity contribution in [1.29, 1.82) is 0 Å². The molecule has 3 heterocycles. The van der Waals surface area contributed by atoms with Crippen LogP contribution in [0.15, 0.2) is 12.3 Å². The zero-order chi connectivity index (χ0) is 17.6. The van der Waals surface area contributed by atoms with Gasteiger partial charge in [0.15, 0.2) is 0 Å². The maximum Gasteiger partial charge on any atom is 0.242 e. The molecule has 1 aliphatic rings. The zero-order valence-electron chi connectivity index (χ0n) is 14.7. The van der Waals surface area contributed by atoms with Crippen LogP contribution in [0, 0.1) is 6.92 Å². The fraction of sp³-hybridized carbons (Fsp3) is 0.588.